The van der Waals surface area contributed by atoms with Gasteiger partial charge >= 0.3 is 0 Å². The molecule has 1 N–H and O–H groups in total. The molecular weight excluding hydrogens is 331 g/mol. The minimum atomic E-state index is -0.631. The summed E-state index contributed by atoms with van der Waals surface area (Å²) < 4.78 is 13.5. The number of aryl methyl sites for hydroxylation is 1. The monoisotopic (exact) mass is 342 g/mol. The Bertz CT molecular complexity index is 601. The standard InChI is InChI=1S/C15H13BrClFO/c1-9-6-11(3-4-13(9)17)15(19)8-10-2-5-14(18)12(16)7-10/h2-7,15,19H,8H2,1H3. The maximum absolute atomic E-state index is 13.1. The summed E-state index contributed by atoms with van der Waals surface area (Å²) in [5, 5.41) is 10.9. The summed E-state index contributed by atoms with van der Waals surface area (Å²) in [5.74, 6) is -0.305. The first-order valence-electron chi connectivity index (χ1n) is 5.85. The van der Waals surface area contributed by atoms with Crippen LogP contribution in [0.15, 0.2) is 40.9 Å². The zero-order valence-electron chi connectivity index (χ0n) is 10.3. The van der Waals surface area contributed by atoms with Crippen molar-refractivity contribution >= 4 is 27.5 Å². The molecule has 4 heteroatoms. The van der Waals surface area contributed by atoms with Crippen LogP contribution in [-0.2, 0) is 6.42 Å². The van der Waals surface area contributed by atoms with Crippen LogP contribution in [0.2, 0.25) is 5.02 Å². The van der Waals surface area contributed by atoms with Crippen LogP contribution >= 0.6 is 27.5 Å². The Labute approximate surface area is 125 Å². The Morgan fingerprint density at radius 2 is 2.00 bits per heavy atom. The van der Waals surface area contributed by atoms with Crippen LogP contribution in [0, 0.1) is 12.7 Å². The Kier molecular flexibility index (Phi) is 4.61. The van der Waals surface area contributed by atoms with Gasteiger partial charge in [0.2, 0.25) is 0 Å². The van der Waals surface area contributed by atoms with Gasteiger partial charge in [0.25, 0.3) is 0 Å². The van der Waals surface area contributed by atoms with E-state index in [1.54, 1.807) is 24.3 Å². The number of hydrogen-bond donors (Lipinski definition) is 1. The second-order valence-electron chi connectivity index (χ2n) is 4.48. The Morgan fingerprint density at radius 3 is 2.63 bits per heavy atom. The molecule has 2 aromatic rings. The highest BCUT2D eigenvalue weighted by Gasteiger charge is 2.11. The lowest BCUT2D eigenvalue weighted by Crippen LogP contribution is -2.02. The molecule has 1 unspecified atom stereocenters. The van der Waals surface area contributed by atoms with Crippen molar-refractivity contribution in [1.29, 1.82) is 0 Å². The molecule has 0 fully saturated rings. The summed E-state index contributed by atoms with van der Waals surface area (Å²) in [6, 6.07) is 10.2. The molecule has 0 aromatic heterocycles. The van der Waals surface area contributed by atoms with E-state index in [9.17, 15) is 9.50 Å². The molecule has 1 nitrogen and oxygen atoms in total. The lowest BCUT2D eigenvalue weighted by molar-refractivity contribution is 0.178. The third-order valence-corrected chi connectivity index (χ3v) is 4.01. The molecule has 1 atom stereocenters. The van der Waals surface area contributed by atoms with Gasteiger partial charge in [-0.05, 0) is 57.7 Å². The number of hydrogen-bond acceptors (Lipinski definition) is 1. The summed E-state index contributed by atoms with van der Waals surface area (Å²) in [7, 11) is 0. The van der Waals surface area contributed by atoms with Gasteiger partial charge in [-0.25, -0.2) is 4.39 Å². The molecule has 0 saturated heterocycles. The zero-order chi connectivity index (χ0) is 14.0. The molecule has 0 radical (unpaired) electrons. The fourth-order valence-corrected chi connectivity index (χ4v) is 2.43. The van der Waals surface area contributed by atoms with Crippen molar-refractivity contribution in [2.24, 2.45) is 0 Å². The Hall–Kier alpha value is -0.900. The molecule has 2 rings (SSSR count). The summed E-state index contributed by atoms with van der Waals surface area (Å²) in [4.78, 5) is 0. The SMILES string of the molecule is Cc1cc(C(O)Cc2ccc(F)c(Br)c2)ccc1Cl. The van der Waals surface area contributed by atoms with Gasteiger partial charge in [-0.1, -0.05) is 29.8 Å². The van der Waals surface area contributed by atoms with Gasteiger partial charge in [0.05, 0.1) is 10.6 Å². The average Bonchev–Trinajstić information content (AvgIpc) is 2.37. The Morgan fingerprint density at radius 1 is 1.26 bits per heavy atom. The summed E-state index contributed by atoms with van der Waals surface area (Å²) >= 11 is 9.09. The van der Waals surface area contributed by atoms with Gasteiger partial charge in [0.15, 0.2) is 0 Å². The molecule has 19 heavy (non-hydrogen) atoms. The normalized spacial score (nSPS) is 12.5. The lowest BCUT2D eigenvalue weighted by atomic mass is 10.00. The van der Waals surface area contributed by atoms with Crippen LogP contribution in [0.1, 0.15) is 22.8 Å². The first-order chi connectivity index (χ1) is 8.97. The number of benzene rings is 2. The molecule has 0 aliphatic rings. The number of aliphatic hydroxyl groups excluding tert-OH is 1. The summed E-state index contributed by atoms with van der Waals surface area (Å²) in [6.45, 7) is 1.90. The Balaban J connectivity index is 2.17. The lowest BCUT2D eigenvalue weighted by Gasteiger charge is -2.13. The van der Waals surface area contributed by atoms with E-state index in [2.05, 4.69) is 15.9 Å². The van der Waals surface area contributed by atoms with E-state index in [-0.39, 0.29) is 5.82 Å². The predicted octanol–water partition coefficient (Wildman–Crippen LogP) is 4.83. The van der Waals surface area contributed by atoms with Crippen molar-refractivity contribution in [3.05, 3.63) is 68.4 Å². The summed E-state index contributed by atoms with van der Waals surface area (Å²) in [5.41, 5.74) is 2.61. The fraction of sp³-hybridized carbons (Fsp3) is 0.200. The molecule has 0 spiro atoms. The largest absolute Gasteiger partial charge is 0.388 e. The predicted molar refractivity (Wildman–Crippen MR) is 79.0 cm³/mol. The highest BCUT2D eigenvalue weighted by molar-refractivity contribution is 9.10. The second-order valence-corrected chi connectivity index (χ2v) is 5.74. The van der Waals surface area contributed by atoms with Crippen LogP contribution in [0.25, 0.3) is 0 Å². The molecule has 0 aliphatic carbocycles. The van der Waals surface area contributed by atoms with E-state index in [0.29, 0.717) is 15.9 Å². The van der Waals surface area contributed by atoms with E-state index in [0.717, 1.165) is 16.7 Å². The molecule has 0 bridgehead atoms. The molecule has 2 aromatic carbocycles. The molecule has 0 saturated carbocycles. The first-order valence-corrected chi connectivity index (χ1v) is 7.02. The van der Waals surface area contributed by atoms with Crippen molar-refractivity contribution in [1.82, 2.24) is 0 Å². The molecule has 100 valence electrons. The number of rotatable bonds is 3. The quantitative estimate of drug-likeness (QED) is 0.846. The van der Waals surface area contributed by atoms with Gasteiger partial charge in [0.1, 0.15) is 5.82 Å². The average molecular weight is 344 g/mol. The fourth-order valence-electron chi connectivity index (χ4n) is 1.88. The van der Waals surface area contributed by atoms with Crippen molar-refractivity contribution in [3.63, 3.8) is 0 Å². The molecule has 0 amide bonds. The van der Waals surface area contributed by atoms with E-state index in [4.69, 9.17) is 11.6 Å². The van der Waals surface area contributed by atoms with Crippen LogP contribution in [0.4, 0.5) is 4.39 Å². The highest BCUT2D eigenvalue weighted by atomic mass is 79.9. The molecular formula is C15H13BrClFO. The van der Waals surface area contributed by atoms with Gasteiger partial charge in [-0.15, -0.1) is 0 Å². The third-order valence-electron chi connectivity index (χ3n) is 2.98. The molecule has 0 heterocycles. The van der Waals surface area contributed by atoms with Crippen molar-refractivity contribution in [2.45, 2.75) is 19.4 Å². The van der Waals surface area contributed by atoms with E-state index in [1.165, 1.54) is 6.07 Å². The van der Waals surface area contributed by atoms with E-state index < -0.39 is 6.10 Å². The van der Waals surface area contributed by atoms with Crippen molar-refractivity contribution in [2.75, 3.05) is 0 Å². The topological polar surface area (TPSA) is 20.2 Å². The van der Waals surface area contributed by atoms with Crippen LogP contribution in [0.5, 0.6) is 0 Å². The van der Waals surface area contributed by atoms with E-state index in [1.807, 2.05) is 13.0 Å². The maximum atomic E-state index is 13.1. The second kappa shape index (κ2) is 6.04. The molecule has 0 aliphatic heterocycles. The van der Waals surface area contributed by atoms with Crippen molar-refractivity contribution < 1.29 is 9.50 Å². The van der Waals surface area contributed by atoms with Crippen LogP contribution in [-0.4, -0.2) is 5.11 Å². The maximum Gasteiger partial charge on any atom is 0.137 e. The zero-order valence-corrected chi connectivity index (χ0v) is 12.7. The minimum Gasteiger partial charge on any atom is -0.388 e. The minimum absolute atomic E-state index is 0.305. The van der Waals surface area contributed by atoms with E-state index >= 15 is 0 Å². The highest BCUT2D eigenvalue weighted by Crippen LogP contribution is 2.25. The van der Waals surface area contributed by atoms with Crippen molar-refractivity contribution in [3.8, 4) is 0 Å². The van der Waals surface area contributed by atoms with Gasteiger partial charge in [0, 0.05) is 11.4 Å². The van der Waals surface area contributed by atoms with Gasteiger partial charge in [-0.2, -0.15) is 0 Å². The van der Waals surface area contributed by atoms with Gasteiger partial charge < -0.3 is 5.11 Å². The smallest absolute Gasteiger partial charge is 0.137 e. The van der Waals surface area contributed by atoms with Crippen LogP contribution < -0.4 is 0 Å². The third kappa shape index (κ3) is 3.56. The van der Waals surface area contributed by atoms with Crippen LogP contribution in [0.3, 0.4) is 0 Å². The number of aliphatic hydroxyl groups is 1. The van der Waals surface area contributed by atoms with Gasteiger partial charge in [-0.3, -0.25) is 0 Å². The summed E-state index contributed by atoms with van der Waals surface area (Å²) in [6.07, 6.45) is -0.201. The number of halogens is 3. The first kappa shape index (κ1) is 14.5.